The summed E-state index contributed by atoms with van der Waals surface area (Å²) in [5.74, 6) is 0.170. The minimum absolute atomic E-state index is 0.170. The summed E-state index contributed by atoms with van der Waals surface area (Å²) in [6.45, 7) is 5.79. The van der Waals surface area contributed by atoms with Crippen LogP contribution in [-0.4, -0.2) is 36.0 Å². The molecule has 0 bridgehead atoms. The number of carbonyl (C=O) groups excluding carboxylic acids is 1. The van der Waals surface area contributed by atoms with Crippen molar-refractivity contribution in [2.45, 2.75) is 43.9 Å². The van der Waals surface area contributed by atoms with Crippen LogP contribution in [0.1, 0.15) is 33.1 Å². The summed E-state index contributed by atoms with van der Waals surface area (Å²) in [5.41, 5.74) is 0. The molecule has 0 atom stereocenters. The van der Waals surface area contributed by atoms with E-state index in [0.29, 0.717) is 17.2 Å². The lowest BCUT2D eigenvalue weighted by Gasteiger charge is -2.13. The van der Waals surface area contributed by atoms with Gasteiger partial charge >= 0.3 is 0 Å². The van der Waals surface area contributed by atoms with E-state index in [1.54, 1.807) is 0 Å². The van der Waals surface area contributed by atoms with Crippen molar-refractivity contribution in [3.05, 3.63) is 0 Å². The van der Waals surface area contributed by atoms with Gasteiger partial charge in [-0.05, 0) is 19.1 Å². The average molecular weight is 230 g/mol. The second-order valence-electron chi connectivity index (χ2n) is 4.52. The van der Waals surface area contributed by atoms with Crippen LogP contribution in [0.25, 0.3) is 0 Å². The fourth-order valence-electron chi connectivity index (χ4n) is 1.41. The van der Waals surface area contributed by atoms with Crippen molar-refractivity contribution < 1.29 is 4.79 Å². The average Bonchev–Trinajstić information content (AvgIpc) is 2.95. The van der Waals surface area contributed by atoms with Gasteiger partial charge in [-0.25, -0.2) is 0 Å². The lowest BCUT2D eigenvalue weighted by atomic mass is 10.3. The van der Waals surface area contributed by atoms with Crippen molar-refractivity contribution >= 4 is 17.7 Å². The van der Waals surface area contributed by atoms with Crippen molar-refractivity contribution in [3.8, 4) is 0 Å². The summed E-state index contributed by atoms with van der Waals surface area (Å²) in [6.07, 6.45) is 5.21. The maximum Gasteiger partial charge on any atom is 0.221 e. The van der Waals surface area contributed by atoms with E-state index in [-0.39, 0.29) is 5.91 Å². The molecule has 2 N–H and O–H groups in total. The molecule has 0 radical (unpaired) electrons. The minimum Gasteiger partial charge on any atom is -0.355 e. The Hall–Kier alpha value is -0.220. The molecule has 0 spiro atoms. The number of thioether (sulfide) groups is 1. The van der Waals surface area contributed by atoms with E-state index in [2.05, 4.69) is 30.7 Å². The Morgan fingerprint density at radius 2 is 2.13 bits per heavy atom. The molecule has 0 aliphatic heterocycles. The molecule has 0 aromatic heterocycles. The van der Waals surface area contributed by atoms with E-state index in [1.165, 1.54) is 12.8 Å². The van der Waals surface area contributed by atoms with Crippen molar-refractivity contribution in [1.29, 1.82) is 0 Å². The zero-order chi connectivity index (χ0) is 11.3. The van der Waals surface area contributed by atoms with Gasteiger partial charge in [0.15, 0.2) is 0 Å². The number of carbonyl (C=O) groups is 1. The van der Waals surface area contributed by atoms with Crippen LogP contribution >= 0.6 is 11.8 Å². The highest BCUT2D eigenvalue weighted by Crippen LogP contribution is 2.46. The van der Waals surface area contributed by atoms with Gasteiger partial charge in [0.05, 0.1) is 0 Å². The standard InChI is InChI=1S/C11H22N2OS/c1-9(2)12-7-4-10(14)13-8-11(15-3)5-6-11/h9,12H,4-8H2,1-3H3,(H,13,14). The number of amides is 1. The van der Waals surface area contributed by atoms with Crippen molar-refractivity contribution in [1.82, 2.24) is 10.6 Å². The Labute approximate surface area is 96.8 Å². The van der Waals surface area contributed by atoms with Crippen molar-refractivity contribution in [2.24, 2.45) is 0 Å². The summed E-state index contributed by atoms with van der Waals surface area (Å²) in [4.78, 5) is 11.5. The zero-order valence-electron chi connectivity index (χ0n) is 9.93. The first kappa shape index (κ1) is 12.8. The predicted octanol–water partition coefficient (Wildman–Crippen LogP) is 1.39. The third kappa shape index (κ3) is 4.89. The minimum atomic E-state index is 0.170. The van der Waals surface area contributed by atoms with E-state index in [4.69, 9.17) is 0 Å². The Morgan fingerprint density at radius 1 is 1.47 bits per heavy atom. The van der Waals surface area contributed by atoms with Crippen molar-refractivity contribution in [2.75, 3.05) is 19.3 Å². The molecule has 88 valence electrons. The molecular weight excluding hydrogens is 208 g/mol. The topological polar surface area (TPSA) is 41.1 Å². The first-order chi connectivity index (χ1) is 7.08. The van der Waals surface area contributed by atoms with Crippen LogP contribution in [0.5, 0.6) is 0 Å². The summed E-state index contributed by atoms with van der Waals surface area (Å²) in [6, 6.07) is 0.457. The number of hydrogen-bond acceptors (Lipinski definition) is 3. The van der Waals surface area contributed by atoms with Crippen LogP contribution in [0.3, 0.4) is 0 Å². The van der Waals surface area contributed by atoms with Crippen molar-refractivity contribution in [3.63, 3.8) is 0 Å². The molecule has 4 heteroatoms. The van der Waals surface area contributed by atoms with Crippen LogP contribution in [-0.2, 0) is 4.79 Å². The van der Waals surface area contributed by atoms with E-state index >= 15 is 0 Å². The molecule has 1 amide bonds. The van der Waals surface area contributed by atoms with Gasteiger partial charge in [-0.2, -0.15) is 11.8 Å². The van der Waals surface area contributed by atoms with E-state index in [0.717, 1.165) is 13.1 Å². The predicted molar refractivity (Wildman–Crippen MR) is 66.2 cm³/mol. The highest BCUT2D eigenvalue weighted by atomic mass is 32.2. The third-order valence-corrected chi connectivity index (χ3v) is 4.17. The Balaban J connectivity index is 2.04. The van der Waals surface area contributed by atoms with E-state index in [9.17, 15) is 4.79 Å². The lowest BCUT2D eigenvalue weighted by molar-refractivity contribution is -0.121. The van der Waals surface area contributed by atoms with Crippen LogP contribution in [0, 0.1) is 0 Å². The summed E-state index contributed by atoms with van der Waals surface area (Å²) in [5, 5.41) is 6.25. The quantitative estimate of drug-likeness (QED) is 0.694. The Bertz CT molecular complexity index is 215. The molecule has 1 fully saturated rings. The molecule has 15 heavy (non-hydrogen) atoms. The Kier molecular flexibility index (Phi) is 4.93. The number of nitrogens with one attached hydrogen (secondary N) is 2. The summed E-state index contributed by atoms with van der Waals surface area (Å²) in [7, 11) is 0. The van der Waals surface area contributed by atoms with Gasteiger partial charge in [-0.15, -0.1) is 0 Å². The van der Waals surface area contributed by atoms with Gasteiger partial charge in [0.1, 0.15) is 0 Å². The SMILES string of the molecule is CSC1(CNC(=O)CCNC(C)C)CC1. The smallest absolute Gasteiger partial charge is 0.221 e. The van der Waals surface area contributed by atoms with Gasteiger partial charge in [0, 0.05) is 30.3 Å². The fraction of sp³-hybridized carbons (Fsp3) is 0.909. The van der Waals surface area contributed by atoms with Crippen LogP contribution in [0.2, 0.25) is 0 Å². The Morgan fingerprint density at radius 3 is 2.60 bits per heavy atom. The molecule has 0 saturated heterocycles. The molecule has 0 aromatic carbocycles. The van der Waals surface area contributed by atoms with E-state index in [1.807, 2.05) is 11.8 Å². The number of hydrogen-bond donors (Lipinski definition) is 2. The van der Waals surface area contributed by atoms with Gasteiger partial charge in [0.2, 0.25) is 5.91 Å². The fourth-order valence-corrected chi connectivity index (χ4v) is 2.14. The van der Waals surface area contributed by atoms with Crippen LogP contribution in [0.15, 0.2) is 0 Å². The molecular formula is C11H22N2OS. The van der Waals surface area contributed by atoms with Gasteiger partial charge in [0.25, 0.3) is 0 Å². The molecule has 1 aliphatic carbocycles. The molecule has 1 saturated carbocycles. The number of rotatable bonds is 7. The first-order valence-corrected chi connectivity index (χ1v) is 6.86. The maximum absolute atomic E-state index is 11.5. The highest BCUT2D eigenvalue weighted by molar-refractivity contribution is 8.00. The van der Waals surface area contributed by atoms with Gasteiger partial charge in [-0.3, -0.25) is 4.79 Å². The van der Waals surface area contributed by atoms with E-state index < -0.39 is 0 Å². The highest BCUT2D eigenvalue weighted by Gasteiger charge is 2.41. The monoisotopic (exact) mass is 230 g/mol. The molecule has 0 heterocycles. The van der Waals surface area contributed by atoms with Gasteiger partial charge in [-0.1, -0.05) is 13.8 Å². The maximum atomic E-state index is 11.5. The molecule has 1 aliphatic rings. The van der Waals surface area contributed by atoms with Crippen LogP contribution < -0.4 is 10.6 Å². The second kappa shape index (κ2) is 5.75. The first-order valence-electron chi connectivity index (χ1n) is 5.63. The third-order valence-electron chi connectivity index (χ3n) is 2.75. The summed E-state index contributed by atoms with van der Waals surface area (Å²) < 4.78 is 0.376. The molecule has 0 unspecified atom stereocenters. The lowest BCUT2D eigenvalue weighted by Crippen LogP contribution is -2.34. The molecule has 1 rings (SSSR count). The zero-order valence-corrected chi connectivity index (χ0v) is 10.7. The largest absolute Gasteiger partial charge is 0.355 e. The second-order valence-corrected chi connectivity index (χ2v) is 5.80. The summed E-state index contributed by atoms with van der Waals surface area (Å²) >= 11 is 1.88. The van der Waals surface area contributed by atoms with Crippen LogP contribution in [0.4, 0.5) is 0 Å². The van der Waals surface area contributed by atoms with Gasteiger partial charge < -0.3 is 10.6 Å². The molecule has 3 nitrogen and oxygen atoms in total. The normalized spacial score (nSPS) is 17.9. The molecule has 0 aromatic rings.